The molecule has 110 valence electrons. The number of halogens is 1. The molecule has 4 nitrogen and oxygen atoms in total. The summed E-state index contributed by atoms with van der Waals surface area (Å²) < 4.78 is 5.22. The molecule has 0 aromatic heterocycles. The van der Waals surface area contributed by atoms with Crippen molar-refractivity contribution in [3.8, 4) is 0 Å². The molecule has 0 bridgehead atoms. The van der Waals surface area contributed by atoms with Crippen LogP contribution in [0, 0.1) is 0 Å². The first-order valence-corrected chi connectivity index (χ1v) is 9.24. The Labute approximate surface area is 134 Å². The van der Waals surface area contributed by atoms with Crippen LogP contribution in [0.2, 0.25) is 0 Å². The van der Waals surface area contributed by atoms with E-state index in [0.29, 0.717) is 12.0 Å². The number of nitrogens with two attached hydrogens (primary N) is 1. The molecule has 0 saturated heterocycles. The van der Waals surface area contributed by atoms with E-state index in [4.69, 9.17) is 5.73 Å². The quantitative estimate of drug-likeness (QED) is 0.613. The van der Waals surface area contributed by atoms with E-state index >= 15 is 0 Å². The van der Waals surface area contributed by atoms with Gasteiger partial charge in [0.15, 0.2) is 0 Å². The van der Waals surface area contributed by atoms with E-state index in [2.05, 4.69) is 20.3 Å². The number of hydrogen-bond donors (Lipinski definition) is 3. The van der Waals surface area contributed by atoms with Crippen molar-refractivity contribution in [3.63, 3.8) is 0 Å². The van der Waals surface area contributed by atoms with Gasteiger partial charge in [-0.05, 0) is 0 Å². The summed E-state index contributed by atoms with van der Waals surface area (Å²) in [4.78, 5) is 11.3. The maximum atomic E-state index is 11.3. The van der Waals surface area contributed by atoms with Crippen LogP contribution in [0.25, 0.3) is 0 Å². The van der Waals surface area contributed by atoms with Crippen molar-refractivity contribution in [3.05, 3.63) is 32.9 Å². The van der Waals surface area contributed by atoms with Crippen molar-refractivity contribution < 1.29 is 9.90 Å². The second-order valence-electron chi connectivity index (χ2n) is 5.11. The number of rotatable bonds is 2. The van der Waals surface area contributed by atoms with Gasteiger partial charge in [-0.2, -0.15) is 0 Å². The van der Waals surface area contributed by atoms with Crippen molar-refractivity contribution in [2.45, 2.75) is 44.1 Å². The van der Waals surface area contributed by atoms with Gasteiger partial charge >= 0.3 is 134 Å². The predicted molar refractivity (Wildman–Crippen MR) is 83.9 cm³/mol. The van der Waals surface area contributed by atoms with E-state index in [9.17, 15) is 9.90 Å². The van der Waals surface area contributed by atoms with Gasteiger partial charge < -0.3 is 0 Å². The zero-order chi connectivity index (χ0) is 14.6. The molecular formula is C14H19BrN2O2Se. The zero-order valence-corrected chi connectivity index (χ0v) is 14.5. The molecule has 1 saturated carbocycles. The first kappa shape index (κ1) is 15.8. The number of amides is 1. The number of carbonyl (C=O) groups is 1. The Bertz CT molecular complexity index is 480. The number of primary amides is 1. The van der Waals surface area contributed by atoms with Gasteiger partial charge in [0.1, 0.15) is 0 Å². The normalized spacial score (nSPS) is 31.0. The zero-order valence-electron chi connectivity index (χ0n) is 11.2. The van der Waals surface area contributed by atoms with Crippen LogP contribution in [0.1, 0.15) is 38.5 Å². The minimum absolute atomic E-state index is 0.0393. The van der Waals surface area contributed by atoms with Crippen molar-refractivity contribution in [1.29, 1.82) is 0 Å². The number of aliphatic hydroxyl groups is 1. The molecule has 1 aliphatic heterocycles. The molecule has 0 atom stereocenters. The third-order valence-corrected chi connectivity index (χ3v) is 7.21. The molecule has 6 heteroatoms. The van der Waals surface area contributed by atoms with Crippen molar-refractivity contribution in [1.82, 2.24) is 4.33 Å². The van der Waals surface area contributed by atoms with Gasteiger partial charge in [0.25, 0.3) is 0 Å². The molecule has 0 aromatic carbocycles. The van der Waals surface area contributed by atoms with E-state index in [-0.39, 0.29) is 15.2 Å². The molecule has 1 amide bonds. The van der Waals surface area contributed by atoms with Crippen LogP contribution in [0.4, 0.5) is 0 Å². The van der Waals surface area contributed by atoms with Gasteiger partial charge in [-0.15, -0.1) is 0 Å². The summed E-state index contributed by atoms with van der Waals surface area (Å²) in [6.07, 6.45) is 10.8. The Morgan fingerprint density at radius 1 is 1.40 bits per heavy atom. The topological polar surface area (TPSA) is 75.4 Å². The summed E-state index contributed by atoms with van der Waals surface area (Å²) in [7, 11) is 0. The number of hydrogen-bond acceptors (Lipinski definition) is 3. The van der Waals surface area contributed by atoms with Crippen LogP contribution in [0.3, 0.4) is 0 Å². The molecule has 0 unspecified atom stereocenters. The van der Waals surface area contributed by atoms with Gasteiger partial charge in [-0.3, -0.25) is 0 Å². The molecule has 1 fully saturated rings. The summed E-state index contributed by atoms with van der Waals surface area (Å²) >= 11 is 3.55. The average Bonchev–Trinajstić information content (AvgIpc) is 2.50. The average molecular weight is 406 g/mol. The van der Waals surface area contributed by atoms with Crippen molar-refractivity contribution in [2.24, 2.45) is 5.73 Å². The first-order valence-electron chi connectivity index (χ1n) is 6.73. The molecule has 2 aliphatic rings. The first-order chi connectivity index (χ1) is 9.53. The standard InChI is InChI=1S/C14H19BrN2O2Se/c15-11-5-4-10(13(16)18)6-9-17-20-12(11)14(19)7-2-1-3-8-14/h4,6,9,17,19H,1-3,5,7-8H2,(H2,16,18)/b9-6-,10-4+,12-11+. The monoisotopic (exact) mass is 406 g/mol. The summed E-state index contributed by atoms with van der Waals surface area (Å²) in [6.45, 7) is 0. The fraction of sp³-hybridized carbons (Fsp3) is 0.500. The summed E-state index contributed by atoms with van der Waals surface area (Å²) in [5.74, 6) is -0.435. The van der Waals surface area contributed by atoms with Gasteiger partial charge in [-0.25, -0.2) is 0 Å². The van der Waals surface area contributed by atoms with Crippen LogP contribution < -0.4 is 10.1 Å². The van der Waals surface area contributed by atoms with E-state index in [1.165, 1.54) is 6.42 Å². The second kappa shape index (κ2) is 6.94. The minimum atomic E-state index is -0.705. The van der Waals surface area contributed by atoms with Crippen LogP contribution in [-0.4, -0.2) is 31.8 Å². The molecular weight excluding hydrogens is 387 g/mol. The van der Waals surface area contributed by atoms with Crippen LogP contribution in [0.5, 0.6) is 0 Å². The second-order valence-corrected chi connectivity index (χ2v) is 7.84. The van der Waals surface area contributed by atoms with E-state index in [1.54, 1.807) is 18.4 Å². The Balaban J connectivity index is 2.27. The van der Waals surface area contributed by atoms with Crippen LogP contribution in [0.15, 0.2) is 32.9 Å². The third kappa shape index (κ3) is 3.76. The summed E-state index contributed by atoms with van der Waals surface area (Å²) in [5.41, 5.74) is 5.11. The van der Waals surface area contributed by atoms with Crippen molar-refractivity contribution in [2.75, 3.05) is 0 Å². The van der Waals surface area contributed by atoms with E-state index < -0.39 is 11.5 Å². The summed E-state index contributed by atoms with van der Waals surface area (Å²) in [5, 5.41) is 10.9. The Morgan fingerprint density at radius 2 is 2.10 bits per heavy atom. The van der Waals surface area contributed by atoms with E-state index in [0.717, 1.165) is 34.6 Å². The SMILES string of the molecule is NC(=O)C1=C/C/C(Br)=C(/C2(O)CCCCC2)[Se]N/C=C\1. The molecule has 4 N–H and O–H groups in total. The van der Waals surface area contributed by atoms with Gasteiger partial charge in [0.05, 0.1) is 0 Å². The molecule has 0 radical (unpaired) electrons. The molecule has 0 aromatic rings. The Hall–Kier alpha value is -0.551. The number of carbonyl (C=O) groups excluding carboxylic acids is 1. The fourth-order valence-corrected chi connectivity index (χ4v) is 5.24. The van der Waals surface area contributed by atoms with Crippen molar-refractivity contribution >= 4 is 37.0 Å². The van der Waals surface area contributed by atoms with Gasteiger partial charge in [0, 0.05) is 0 Å². The Morgan fingerprint density at radius 3 is 2.75 bits per heavy atom. The molecule has 2 rings (SSSR count). The molecule has 20 heavy (non-hydrogen) atoms. The predicted octanol–water partition coefficient (Wildman–Crippen LogP) is 1.83. The van der Waals surface area contributed by atoms with Crippen LogP contribution in [-0.2, 0) is 4.79 Å². The summed E-state index contributed by atoms with van der Waals surface area (Å²) in [6, 6.07) is 0. The number of allylic oxidation sites excluding steroid dienone is 2. The molecule has 1 heterocycles. The van der Waals surface area contributed by atoms with Crippen LogP contribution >= 0.6 is 15.9 Å². The fourth-order valence-electron chi connectivity index (χ4n) is 2.53. The van der Waals surface area contributed by atoms with E-state index in [1.807, 2.05) is 0 Å². The van der Waals surface area contributed by atoms with Gasteiger partial charge in [-0.1, -0.05) is 0 Å². The van der Waals surface area contributed by atoms with Gasteiger partial charge in [0.2, 0.25) is 0 Å². The molecule has 0 spiro atoms. The third-order valence-electron chi connectivity index (χ3n) is 3.63. The maximum absolute atomic E-state index is 11.3. The number of nitrogens with one attached hydrogen (secondary N) is 1. The Kier molecular flexibility index (Phi) is 5.49. The molecule has 1 aliphatic carbocycles.